The molecule has 0 unspecified atom stereocenters. The Hall–Kier alpha value is -2.87. The van der Waals surface area contributed by atoms with Crippen molar-refractivity contribution in [2.24, 2.45) is 0 Å². The van der Waals surface area contributed by atoms with Crippen molar-refractivity contribution in [3.8, 4) is 0 Å². The Balaban J connectivity index is 1.74. The molecule has 0 saturated heterocycles. The first kappa shape index (κ1) is 18.9. The van der Waals surface area contributed by atoms with Crippen LogP contribution in [0.15, 0.2) is 54.2 Å². The number of hydrogen-bond acceptors (Lipinski definition) is 4. The van der Waals surface area contributed by atoms with Crippen molar-refractivity contribution in [2.45, 2.75) is 12.6 Å². The number of carbonyl (C=O) groups is 1. The van der Waals surface area contributed by atoms with Crippen LogP contribution in [-0.2, 0) is 6.18 Å². The van der Waals surface area contributed by atoms with Crippen LogP contribution in [0.4, 0.5) is 24.7 Å². The Kier molecular flexibility index (Phi) is 5.75. The quantitative estimate of drug-likeness (QED) is 0.699. The van der Waals surface area contributed by atoms with E-state index in [-0.39, 0.29) is 23.0 Å². The van der Waals surface area contributed by atoms with E-state index in [0.29, 0.717) is 6.54 Å². The van der Waals surface area contributed by atoms with Gasteiger partial charge in [-0.1, -0.05) is 17.7 Å². The second kappa shape index (κ2) is 8.22. The van der Waals surface area contributed by atoms with Crippen LogP contribution in [0.5, 0.6) is 0 Å². The van der Waals surface area contributed by atoms with Gasteiger partial charge < -0.3 is 16.0 Å². The van der Waals surface area contributed by atoms with E-state index in [9.17, 15) is 18.0 Å². The highest BCUT2D eigenvalue weighted by atomic mass is 19.4. The van der Waals surface area contributed by atoms with Gasteiger partial charge in [-0.05, 0) is 43.3 Å². The second-order valence-electron chi connectivity index (χ2n) is 6.10. The number of nitrogens with one attached hydrogen (secondary N) is 3. The van der Waals surface area contributed by atoms with Crippen LogP contribution in [0.3, 0.4) is 0 Å². The van der Waals surface area contributed by atoms with Crippen LogP contribution in [0.2, 0.25) is 0 Å². The lowest BCUT2D eigenvalue weighted by molar-refractivity contribution is -0.137. The minimum Gasteiger partial charge on any atom is -0.348 e. The molecule has 0 bridgehead atoms. The van der Waals surface area contributed by atoms with Gasteiger partial charge in [0.05, 0.1) is 11.1 Å². The molecule has 0 atom stereocenters. The van der Waals surface area contributed by atoms with Gasteiger partial charge in [0.2, 0.25) is 0 Å². The highest BCUT2D eigenvalue weighted by Crippen LogP contribution is 2.31. The molecule has 1 aliphatic rings. The molecule has 2 heterocycles. The van der Waals surface area contributed by atoms with Gasteiger partial charge in [0, 0.05) is 25.0 Å². The third-order valence-electron chi connectivity index (χ3n) is 4.14. The Labute approximate surface area is 154 Å². The van der Waals surface area contributed by atoms with E-state index >= 15 is 0 Å². The molecular formula is C19H19F3N4O. The van der Waals surface area contributed by atoms with Crippen LogP contribution in [-0.4, -0.2) is 30.5 Å². The fourth-order valence-electron chi connectivity index (χ4n) is 2.72. The predicted octanol–water partition coefficient (Wildman–Crippen LogP) is 3.49. The van der Waals surface area contributed by atoms with Crippen molar-refractivity contribution in [3.05, 3.63) is 65.4 Å². The Morgan fingerprint density at radius 3 is 2.81 bits per heavy atom. The van der Waals surface area contributed by atoms with Crippen molar-refractivity contribution in [2.75, 3.05) is 25.0 Å². The van der Waals surface area contributed by atoms with E-state index < -0.39 is 11.7 Å². The zero-order valence-corrected chi connectivity index (χ0v) is 14.4. The Bertz CT molecular complexity index is 849. The summed E-state index contributed by atoms with van der Waals surface area (Å²) in [5.74, 6) is -0.134. The lowest BCUT2D eigenvalue weighted by atomic mass is 10.1. The molecule has 2 aromatic rings. The number of alkyl halides is 3. The highest BCUT2D eigenvalue weighted by Gasteiger charge is 2.30. The van der Waals surface area contributed by atoms with Gasteiger partial charge in [-0.25, -0.2) is 4.98 Å². The molecule has 0 aliphatic carbocycles. The summed E-state index contributed by atoms with van der Waals surface area (Å²) in [7, 11) is 0. The van der Waals surface area contributed by atoms with E-state index in [1.807, 2.05) is 6.08 Å². The van der Waals surface area contributed by atoms with Gasteiger partial charge in [-0.15, -0.1) is 0 Å². The van der Waals surface area contributed by atoms with Crippen LogP contribution in [0, 0.1) is 0 Å². The van der Waals surface area contributed by atoms with E-state index in [0.717, 1.165) is 37.2 Å². The zero-order chi connectivity index (χ0) is 19.3. The number of anilines is 2. The number of carbonyl (C=O) groups excluding carboxylic acids is 1. The number of benzene rings is 1. The monoisotopic (exact) mass is 376 g/mol. The summed E-state index contributed by atoms with van der Waals surface area (Å²) < 4.78 is 38.6. The molecule has 1 aromatic heterocycles. The first-order chi connectivity index (χ1) is 12.9. The molecule has 3 rings (SSSR count). The van der Waals surface area contributed by atoms with Gasteiger partial charge in [0.1, 0.15) is 5.82 Å². The van der Waals surface area contributed by atoms with Gasteiger partial charge in [0.15, 0.2) is 0 Å². The van der Waals surface area contributed by atoms with E-state index in [1.165, 1.54) is 18.3 Å². The summed E-state index contributed by atoms with van der Waals surface area (Å²) in [6.45, 7) is 2.08. The highest BCUT2D eigenvalue weighted by molar-refractivity contribution is 5.99. The molecule has 5 nitrogen and oxygen atoms in total. The molecule has 0 fully saturated rings. The van der Waals surface area contributed by atoms with Crippen LogP contribution in [0.1, 0.15) is 22.3 Å². The first-order valence-corrected chi connectivity index (χ1v) is 8.49. The number of nitrogens with zero attached hydrogens (tertiary/aromatic N) is 1. The molecule has 8 heteroatoms. The number of aromatic nitrogens is 1. The van der Waals surface area contributed by atoms with Crippen LogP contribution in [0.25, 0.3) is 0 Å². The minimum atomic E-state index is -4.44. The van der Waals surface area contributed by atoms with E-state index in [2.05, 4.69) is 20.9 Å². The van der Waals surface area contributed by atoms with Crippen molar-refractivity contribution in [1.29, 1.82) is 0 Å². The van der Waals surface area contributed by atoms with Crippen LogP contribution < -0.4 is 16.0 Å². The molecule has 1 amide bonds. The van der Waals surface area contributed by atoms with E-state index in [1.54, 1.807) is 12.1 Å². The molecule has 0 radical (unpaired) electrons. The van der Waals surface area contributed by atoms with E-state index in [4.69, 9.17) is 0 Å². The fourth-order valence-corrected chi connectivity index (χ4v) is 2.72. The lowest BCUT2D eigenvalue weighted by Gasteiger charge is -2.16. The topological polar surface area (TPSA) is 66.0 Å². The first-order valence-electron chi connectivity index (χ1n) is 8.49. The van der Waals surface area contributed by atoms with Crippen LogP contribution >= 0.6 is 0 Å². The molecule has 1 aliphatic heterocycles. The molecule has 0 saturated carbocycles. The lowest BCUT2D eigenvalue weighted by Crippen LogP contribution is -2.30. The third kappa shape index (κ3) is 5.07. The van der Waals surface area contributed by atoms with Gasteiger partial charge in [-0.3, -0.25) is 4.79 Å². The fraction of sp³-hybridized carbons (Fsp3) is 0.263. The SMILES string of the molecule is O=C(NCC1=CCNCC1)c1cccnc1Nc1cccc(C(F)(F)F)c1. The summed E-state index contributed by atoms with van der Waals surface area (Å²) in [5, 5.41) is 8.84. The maximum Gasteiger partial charge on any atom is 0.416 e. The molecular weight excluding hydrogens is 357 g/mol. The maximum absolute atomic E-state index is 12.9. The average molecular weight is 376 g/mol. The minimum absolute atomic E-state index is 0.202. The van der Waals surface area contributed by atoms with Gasteiger partial charge >= 0.3 is 6.18 Å². The predicted molar refractivity (Wildman–Crippen MR) is 96.9 cm³/mol. The third-order valence-corrected chi connectivity index (χ3v) is 4.14. The van der Waals surface area contributed by atoms with Crippen molar-refractivity contribution in [1.82, 2.24) is 15.6 Å². The smallest absolute Gasteiger partial charge is 0.348 e. The molecule has 1 aromatic carbocycles. The van der Waals surface area contributed by atoms with Crippen molar-refractivity contribution in [3.63, 3.8) is 0 Å². The molecule has 3 N–H and O–H groups in total. The van der Waals surface area contributed by atoms with Crippen molar-refractivity contribution >= 4 is 17.4 Å². The molecule has 0 spiro atoms. The van der Waals surface area contributed by atoms with Gasteiger partial charge in [-0.2, -0.15) is 13.2 Å². The summed E-state index contributed by atoms with van der Waals surface area (Å²) in [4.78, 5) is 16.6. The summed E-state index contributed by atoms with van der Waals surface area (Å²) in [6, 6.07) is 7.95. The Morgan fingerprint density at radius 2 is 2.07 bits per heavy atom. The number of rotatable bonds is 5. The second-order valence-corrected chi connectivity index (χ2v) is 6.10. The van der Waals surface area contributed by atoms with Crippen molar-refractivity contribution < 1.29 is 18.0 Å². The Morgan fingerprint density at radius 1 is 1.22 bits per heavy atom. The van der Waals surface area contributed by atoms with Gasteiger partial charge in [0.25, 0.3) is 5.91 Å². The number of halogens is 3. The number of pyridine rings is 1. The summed E-state index contributed by atoms with van der Waals surface area (Å²) in [5.41, 5.74) is 0.841. The molecule has 142 valence electrons. The normalized spacial score (nSPS) is 14.4. The summed E-state index contributed by atoms with van der Waals surface area (Å²) in [6.07, 6.45) is -0.0654. The zero-order valence-electron chi connectivity index (χ0n) is 14.4. The maximum atomic E-state index is 12.9. The number of amides is 1. The largest absolute Gasteiger partial charge is 0.416 e. The number of hydrogen-bond donors (Lipinski definition) is 3. The molecule has 27 heavy (non-hydrogen) atoms. The average Bonchev–Trinajstić information content (AvgIpc) is 2.67. The standard InChI is InChI=1S/C19H19F3N4O/c20-19(21,22)14-3-1-4-15(11-14)26-17-16(5-2-8-24-17)18(27)25-12-13-6-9-23-10-7-13/h1-6,8,11,23H,7,9-10,12H2,(H,24,26)(H,25,27). The summed E-state index contributed by atoms with van der Waals surface area (Å²) >= 11 is 0.